The molecule has 19 heavy (non-hydrogen) atoms. The molecule has 2 rings (SSSR count). The van der Waals surface area contributed by atoms with Crippen LogP contribution in [0.2, 0.25) is 0 Å². The lowest BCUT2D eigenvalue weighted by Crippen LogP contribution is -2.33. The van der Waals surface area contributed by atoms with Crippen molar-refractivity contribution in [3.63, 3.8) is 0 Å². The number of Topliss-reactive ketones (excluding diaryl/α,β-unsaturated/α-hetero) is 1. The number of carbonyl (C=O) groups excluding carboxylic acids is 2. The number of nitrogens with one attached hydrogen (secondary N) is 1. The van der Waals surface area contributed by atoms with Gasteiger partial charge in [-0.05, 0) is 39.2 Å². The van der Waals surface area contributed by atoms with Crippen LogP contribution in [0.3, 0.4) is 0 Å². The van der Waals surface area contributed by atoms with Crippen LogP contribution >= 0.6 is 0 Å². The molecule has 2 N–H and O–H groups in total. The number of ketones is 1. The summed E-state index contributed by atoms with van der Waals surface area (Å²) in [4.78, 5) is 28.1. The number of nitrogens with zero attached hydrogens (tertiary/aromatic N) is 1. The van der Waals surface area contributed by atoms with Gasteiger partial charge in [-0.15, -0.1) is 0 Å². The Morgan fingerprint density at radius 1 is 1.37 bits per heavy atom. The van der Waals surface area contributed by atoms with Gasteiger partial charge in [0.15, 0.2) is 5.78 Å². The van der Waals surface area contributed by atoms with Crippen LogP contribution in [-0.2, 0) is 0 Å². The Bertz CT molecular complexity index is 491. The van der Waals surface area contributed by atoms with Crippen LogP contribution < -0.4 is 0 Å². The number of rotatable bonds is 2. The first-order chi connectivity index (χ1) is 8.89. The SMILES string of the molecule is CC(=O)c1c[nH]c(C(=O)N2CCCC(C)(O)CC2)c1. The van der Waals surface area contributed by atoms with Crippen LogP contribution in [0.4, 0.5) is 0 Å². The third kappa shape index (κ3) is 3.23. The lowest BCUT2D eigenvalue weighted by molar-refractivity contribution is 0.0437. The van der Waals surface area contributed by atoms with Crippen molar-refractivity contribution in [3.05, 3.63) is 23.5 Å². The molecule has 5 heteroatoms. The van der Waals surface area contributed by atoms with Crippen molar-refractivity contribution in [2.24, 2.45) is 0 Å². The van der Waals surface area contributed by atoms with Gasteiger partial charge in [-0.25, -0.2) is 0 Å². The summed E-state index contributed by atoms with van der Waals surface area (Å²) in [5.74, 6) is -0.167. The molecule has 0 spiro atoms. The number of H-pyrrole nitrogens is 1. The number of hydrogen-bond donors (Lipinski definition) is 2. The molecule has 104 valence electrons. The average Bonchev–Trinajstić information content (AvgIpc) is 2.75. The second-order valence-corrected chi connectivity index (χ2v) is 5.50. The van der Waals surface area contributed by atoms with E-state index in [0.29, 0.717) is 37.2 Å². The first kappa shape index (κ1) is 13.8. The van der Waals surface area contributed by atoms with E-state index in [1.807, 2.05) is 6.92 Å². The highest BCUT2D eigenvalue weighted by Gasteiger charge is 2.28. The Morgan fingerprint density at radius 2 is 2.11 bits per heavy atom. The number of likely N-dealkylation sites (tertiary alicyclic amines) is 1. The minimum atomic E-state index is -0.685. The highest BCUT2D eigenvalue weighted by atomic mass is 16.3. The molecule has 1 aliphatic rings. The van der Waals surface area contributed by atoms with Crippen LogP contribution in [0.5, 0.6) is 0 Å². The van der Waals surface area contributed by atoms with E-state index in [0.717, 1.165) is 6.42 Å². The van der Waals surface area contributed by atoms with Crippen LogP contribution in [0.15, 0.2) is 12.3 Å². The molecule has 1 unspecified atom stereocenters. The first-order valence-electron chi connectivity index (χ1n) is 6.60. The summed E-state index contributed by atoms with van der Waals surface area (Å²) >= 11 is 0. The molecule has 0 saturated carbocycles. The molecule has 1 fully saturated rings. The molecule has 0 bridgehead atoms. The van der Waals surface area contributed by atoms with Gasteiger partial charge < -0.3 is 15.0 Å². The minimum Gasteiger partial charge on any atom is -0.390 e. The minimum absolute atomic E-state index is 0.0610. The van der Waals surface area contributed by atoms with E-state index in [1.54, 1.807) is 17.2 Å². The quantitative estimate of drug-likeness (QED) is 0.797. The molecule has 1 saturated heterocycles. The predicted octanol–water partition coefficient (Wildman–Crippen LogP) is 1.59. The van der Waals surface area contributed by atoms with Gasteiger partial charge in [0.25, 0.3) is 5.91 Å². The topological polar surface area (TPSA) is 73.4 Å². The van der Waals surface area contributed by atoms with Crippen LogP contribution in [0.1, 0.15) is 54.0 Å². The summed E-state index contributed by atoms with van der Waals surface area (Å²) in [7, 11) is 0. The predicted molar refractivity (Wildman–Crippen MR) is 71.2 cm³/mol. The van der Waals surface area contributed by atoms with E-state index >= 15 is 0 Å². The van der Waals surface area contributed by atoms with Crippen molar-refractivity contribution in [1.82, 2.24) is 9.88 Å². The van der Waals surface area contributed by atoms with E-state index in [1.165, 1.54) is 6.92 Å². The molecule has 1 amide bonds. The largest absolute Gasteiger partial charge is 0.390 e. The van der Waals surface area contributed by atoms with E-state index < -0.39 is 5.60 Å². The van der Waals surface area contributed by atoms with E-state index in [4.69, 9.17) is 0 Å². The zero-order valence-electron chi connectivity index (χ0n) is 11.4. The molecule has 0 aliphatic carbocycles. The lowest BCUT2D eigenvalue weighted by atomic mass is 9.98. The van der Waals surface area contributed by atoms with E-state index in [2.05, 4.69) is 4.98 Å². The number of hydrogen-bond acceptors (Lipinski definition) is 3. The number of aromatic amines is 1. The summed E-state index contributed by atoms with van der Waals surface area (Å²) < 4.78 is 0. The van der Waals surface area contributed by atoms with Crippen LogP contribution in [0, 0.1) is 0 Å². The first-order valence-corrected chi connectivity index (χ1v) is 6.60. The Kier molecular flexibility index (Phi) is 3.75. The highest BCUT2D eigenvalue weighted by Crippen LogP contribution is 2.22. The third-order valence-electron chi connectivity index (χ3n) is 3.67. The van der Waals surface area contributed by atoms with Crippen molar-refractivity contribution >= 4 is 11.7 Å². The van der Waals surface area contributed by atoms with Crippen molar-refractivity contribution < 1.29 is 14.7 Å². The Balaban J connectivity index is 2.08. The molecule has 1 aliphatic heterocycles. The van der Waals surface area contributed by atoms with Crippen molar-refractivity contribution in [2.45, 2.75) is 38.7 Å². The molecule has 0 aromatic carbocycles. The Hall–Kier alpha value is -1.62. The normalized spacial score (nSPS) is 24.1. The summed E-state index contributed by atoms with van der Waals surface area (Å²) in [5, 5.41) is 10.0. The summed E-state index contributed by atoms with van der Waals surface area (Å²) in [6.07, 6.45) is 3.64. The van der Waals surface area contributed by atoms with Gasteiger partial charge in [0, 0.05) is 24.8 Å². The maximum absolute atomic E-state index is 12.3. The van der Waals surface area contributed by atoms with Crippen molar-refractivity contribution in [1.29, 1.82) is 0 Å². The van der Waals surface area contributed by atoms with Crippen LogP contribution in [0.25, 0.3) is 0 Å². The van der Waals surface area contributed by atoms with Crippen molar-refractivity contribution in [3.8, 4) is 0 Å². The van der Waals surface area contributed by atoms with Gasteiger partial charge in [0.05, 0.1) is 5.60 Å². The van der Waals surface area contributed by atoms with Gasteiger partial charge in [0.2, 0.25) is 0 Å². The Labute approximate surface area is 112 Å². The number of amides is 1. The zero-order valence-corrected chi connectivity index (χ0v) is 11.4. The molecule has 1 aromatic heterocycles. The van der Waals surface area contributed by atoms with Crippen LogP contribution in [-0.4, -0.2) is 45.4 Å². The van der Waals surface area contributed by atoms with Gasteiger partial charge in [0.1, 0.15) is 5.69 Å². The molecule has 1 atom stereocenters. The monoisotopic (exact) mass is 264 g/mol. The summed E-state index contributed by atoms with van der Waals surface area (Å²) in [5.41, 5.74) is 0.270. The smallest absolute Gasteiger partial charge is 0.270 e. The van der Waals surface area contributed by atoms with E-state index in [9.17, 15) is 14.7 Å². The fraction of sp³-hybridized carbons (Fsp3) is 0.571. The standard InChI is InChI=1S/C14H20N2O3/c1-10(17)11-8-12(15-9-11)13(18)16-6-3-4-14(2,19)5-7-16/h8-9,15,19H,3-7H2,1-2H3. The van der Waals surface area contributed by atoms with Gasteiger partial charge in [-0.3, -0.25) is 9.59 Å². The fourth-order valence-corrected chi connectivity index (χ4v) is 2.36. The average molecular weight is 264 g/mol. The van der Waals surface area contributed by atoms with Gasteiger partial charge in [-0.1, -0.05) is 0 Å². The zero-order chi connectivity index (χ0) is 14.0. The number of carbonyl (C=O) groups is 2. The second kappa shape index (κ2) is 5.17. The summed E-state index contributed by atoms with van der Waals surface area (Å²) in [6.45, 7) is 4.47. The highest BCUT2D eigenvalue weighted by molar-refractivity contribution is 5.99. The second-order valence-electron chi connectivity index (χ2n) is 5.50. The van der Waals surface area contributed by atoms with E-state index in [-0.39, 0.29) is 11.7 Å². The lowest BCUT2D eigenvalue weighted by Gasteiger charge is -2.22. The molecule has 2 heterocycles. The molecule has 5 nitrogen and oxygen atoms in total. The third-order valence-corrected chi connectivity index (χ3v) is 3.67. The fourth-order valence-electron chi connectivity index (χ4n) is 2.36. The summed E-state index contributed by atoms with van der Waals surface area (Å²) in [6, 6.07) is 1.59. The maximum Gasteiger partial charge on any atom is 0.270 e. The number of aliphatic hydroxyl groups is 1. The van der Waals surface area contributed by atoms with Gasteiger partial charge >= 0.3 is 0 Å². The molecular formula is C14H20N2O3. The molecule has 0 radical (unpaired) electrons. The van der Waals surface area contributed by atoms with Crippen molar-refractivity contribution in [2.75, 3.05) is 13.1 Å². The Morgan fingerprint density at radius 3 is 2.74 bits per heavy atom. The molecule has 1 aromatic rings. The maximum atomic E-state index is 12.3. The number of aromatic nitrogens is 1. The molecular weight excluding hydrogens is 244 g/mol. The van der Waals surface area contributed by atoms with Gasteiger partial charge in [-0.2, -0.15) is 0 Å².